The van der Waals surface area contributed by atoms with E-state index in [1.807, 2.05) is 6.92 Å². The van der Waals surface area contributed by atoms with Gasteiger partial charge in [-0.2, -0.15) is 0 Å². The summed E-state index contributed by atoms with van der Waals surface area (Å²) in [6.45, 7) is 2.66. The number of carboxylic acids is 1. The van der Waals surface area contributed by atoms with Crippen LogP contribution in [0.4, 0.5) is 0 Å². The van der Waals surface area contributed by atoms with Gasteiger partial charge in [0.05, 0.1) is 12.0 Å². The van der Waals surface area contributed by atoms with Crippen LogP contribution in [-0.2, 0) is 14.3 Å². The summed E-state index contributed by atoms with van der Waals surface area (Å²) >= 11 is 1.53. The van der Waals surface area contributed by atoms with E-state index in [0.29, 0.717) is 18.8 Å². The molecule has 7 heteroatoms. The molecule has 2 rings (SSSR count). The van der Waals surface area contributed by atoms with Gasteiger partial charge in [0.1, 0.15) is 11.6 Å². The Balaban J connectivity index is 2.20. The van der Waals surface area contributed by atoms with Crippen LogP contribution in [0.1, 0.15) is 26.2 Å². The zero-order valence-corrected chi connectivity index (χ0v) is 11.8. The van der Waals surface area contributed by atoms with Crippen molar-refractivity contribution in [2.75, 3.05) is 19.0 Å². The lowest BCUT2D eigenvalue weighted by atomic mass is 9.97. The first-order valence-electron chi connectivity index (χ1n) is 6.53. The quantitative estimate of drug-likeness (QED) is 0.771. The molecule has 3 N–H and O–H groups in total. The number of thioether (sulfide) groups is 1. The molecule has 108 valence electrons. The third kappa shape index (κ3) is 2.73. The molecule has 2 aliphatic heterocycles. The minimum atomic E-state index is -1.05. The predicted octanol–water partition coefficient (Wildman–Crippen LogP) is 0.259. The molecule has 2 saturated heterocycles. The molecule has 3 atom stereocenters. The molecule has 0 aliphatic carbocycles. The zero-order chi connectivity index (χ0) is 14.0. The average molecular weight is 288 g/mol. The summed E-state index contributed by atoms with van der Waals surface area (Å²) in [4.78, 5) is 25.4. The van der Waals surface area contributed by atoms with Crippen molar-refractivity contribution in [2.24, 2.45) is 5.73 Å². The van der Waals surface area contributed by atoms with Crippen molar-refractivity contribution in [3.8, 4) is 0 Å². The SMILES string of the molecule is CCCC1SCC(C(=O)O)N1C(=O)C1(N)CCOC1. The number of carboxylic acid groups (broad SMARTS) is 1. The molecule has 0 aromatic carbocycles. The van der Waals surface area contributed by atoms with Crippen molar-refractivity contribution in [2.45, 2.75) is 43.1 Å². The Labute approximate surface area is 116 Å². The first-order valence-corrected chi connectivity index (χ1v) is 7.58. The van der Waals surface area contributed by atoms with Crippen LogP contribution < -0.4 is 5.73 Å². The zero-order valence-electron chi connectivity index (χ0n) is 11.0. The molecule has 0 aromatic rings. The number of carbonyl (C=O) groups is 2. The van der Waals surface area contributed by atoms with Crippen molar-refractivity contribution in [3.05, 3.63) is 0 Å². The molecule has 0 radical (unpaired) electrons. The Morgan fingerprint density at radius 1 is 1.58 bits per heavy atom. The van der Waals surface area contributed by atoms with E-state index in [4.69, 9.17) is 10.5 Å². The maximum Gasteiger partial charge on any atom is 0.327 e. The monoisotopic (exact) mass is 288 g/mol. The first-order chi connectivity index (χ1) is 8.99. The molecule has 2 heterocycles. The minimum absolute atomic E-state index is 0.0837. The highest BCUT2D eigenvalue weighted by molar-refractivity contribution is 8.00. The molecule has 6 nitrogen and oxygen atoms in total. The van der Waals surface area contributed by atoms with Gasteiger partial charge in [0, 0.05) is 12.4 Å². The molecule has 0 aromatic heterocycles. The van der Waals surface area contributed by atoms with E-state index in [1.165, 1.54) is 16.7 Å². The van der Waals surface area contributed by atoms with E-state index < -0.39 is 17.6 Å². The summed E-state index contributed by atoms with van der Waals surface area (Å²) in [5.41, 5.74) is 5.03. The van der Waals surface area contributed by atoms with Gasteiger partial charge in [0.25, 0.3) is 0 Å². The number of hydrogen-bond acceptors (Lipinski definition) is 5. The molecule has 0 bridgehead atoms. The van der Waals surface area contributed by atoms with Gasteiger partial charge in [-0.1, -0.05) is 13.3 Å². The van der Waals surface area contributed by atoms with Crippen molar-refractivity contribution in [3.63, 3.8) is 0 Å². The van der Waals surface area contributed by atoms with Crippen LogP contribution in [0.5, 0.6) is 0 Å². The van der Waals surface area contributed by atoms with Crippen molar-refractivity contribution in [1.82, 2.24) is 4.90 Å². The van der Waals surface area contributed by atoms with Gasteiger partial charge >= 0.3 is 5.97 Å². The molecular weight excluding hydrogens is 268 g/mol. The molecular formula is C12H20N2O4S. The predicted molar refractivity (Wildman–Crippen MR) is 71.8 cm³/mol. The van der Waals surface area contributed by atoms with Gasteiger partial charge < -0.3 is 20.5 Å². The van der Waals surface area contributed by atoms with Crippen LogP contribution in [0.2, 0.25) is 0 Å². The van der Waals surface area contributed by atoms with Crippen molar-refractivity contribution < 1.29 is 19.4 Å². The number of amides is 1. The number of nitrogens with two attached hydrogens (primary N) is 1. The van der Waals surface area contributed by atoms with Gasteiger partial charge in [-0.15, -0.1) is 11.8 Å². The summed E-state index contributed by atoms with van der Waals surface area (Å²) in [5.74, 6) is -0.800. The Hall–Kier alpha value is -0.790. The maximum atomic E-state index is 12.6. The van der Waals surface area contributed by atoms with Crippen molar-refractivity contribution >= 4 is 23.6 Å². The second-order valence-electron chi connectivity index (χ2n) is 5.10. The summed E-state index contributed by atoms with van der Waals surface area (Å²) < 4.78 is 5.21. The lowest BCUT2D eigenvalue weighted by Gasteiger charge is -2.33. The molecule has 0 saturated carbocycles. The van der Waals surface area contributed by atoms with Gasteiger partial charge in [-0.3, -0.25) is 4.79 Å². The normalized spacial score (nSPS) is 34.7. The fraction of sp³-hybridized carbons (Fsp3) is 0.833. The Morgan fingerprint density at radius 2 is 2.32 bits per heavy atom. The van der Waals surface area contributed by atoms with E-state index in [2.05, 4.69) is 0 Å². The Kier molecular flexibility index (Phi) is 4.37. The minimum Gasteiger partial charge on any atom is -0.480 e. The smallest absolute Gasteiger partial charge is 0.327 e. The van der Waals surface area contributed by atoms with E-state index in [0.717, 1.165) is 12.8 Å². The molecule has 2 aliphatic rings. The van der Waals surface area contributed by atoms with E-state index in [-0.39, 0.29) is 17.9 Å². The lowest BCUT2D eigenvalue weighted by Crippen LogP contribution is -2.60. The van der Waals surface area contributed by atoms with Crippen molar-refractivity contribution in [1.29, 1.82) is 0 Å². The number of hydrogen-bond donors (Lipinski definition) is 2. The summed E-state index contributed by atoms with van der Waals surface area (Å²) in [7, 11) is 0. The van der Waals surface area contributed by atoms with Crippen LogP contribution >= 0.6 is 11.8 Å². The number of rotatable bonds is 4. The van der Waals surface area contributed by atoms with Crippen LogP contribution in [0.25, 0.3) is 0 Å². The van der Waals surface area contributed by atoms with Crippen LogP contribution in [0, 0.1) is 0 Å². The highest BCUT2D eigenvalue weighted by Crippen LogP contribution is 2.35. The summed E-state index contributed by atoms with van der Waals surface area (Å²) in [6, 6.07) is -0.768. The third-order valence-corrected chi connectivity index (χ3v) is 4.98. The van der Waals surface area contributed by atoms with Gasteiger partial charge in [-0.25, -0.2) is 4.79 Å². The van der Waals surface area contributed by atoms with Crippen LogP contribution in [0.3, 0.4) is 0 Å². The highest BCUT2D eigenvalue weighted by atomic mass is 32.2. The summed E-state index contributed by atoms with van der Waals surface area (Å²) in [6.07, 6.45) is 2.15. The number of carbonyl (C=O) groups excluding carboxylic acids is 1. The fourth-order valence-electron chi connectivity index (χ4n) is 2.50. The van der Waals surface area contributed by atoms with E-state index >= 15 is 0 Å². The Morgan fingerprint density at radius 3 is 2.84 bits per heavy atom. The topological polar surface area (TPSA) is 92.9 Å². The van der Waals surface area contributed by atoms with Gasteiger partial charge in [0.15, 0.2) is 0 Å². The fourth-order valence-corrected chi connectivity index (χ4v) is 4.02. The maximum absolute atomic E-state index is 12.6. The van der Waals surface area contributed by atoms with E-state index in [1.54, 1.807) is 0 Å². The molecule has 1 amide bonds. The molecule has 3 unspecified atom stereocenters. The highest BCUT2D eigenvalue weighted by Gasteiger charge is 2.49. The molecule has 2 fully saturated rings. The Bertz CT molecular complexity index is 371. The van der Waals surface area contributed by atoms with Gasteiger partial charge in [-0.05, 0) is 12.8 Å². The van der Waals surface area contributed by atoms with E-state index in [9.17, 15) is 14.7 Å². The second kappa shape index (κ2) is 5.68. The van der Waals surface area contributed by atoms with Crippen LogP contribution in [-0.4, -0.2) is 57.8 Å². The van der Waals surface area contributed by atoms with Gasteiger partial charge in [0.2, 0.25) is 5.91 Å². The third-order valence-electron chi connectivity index (χ3n) is 3.63. The summed E-state index contributed by atoms with van der Waals surface area (Å²) in [5, 5.41) is 9.18. The number of nitrogens with zero attached hydrogens (tertiary/aromatic N) is 1. The van der Waals surface area contributed by atoms with Crippen LogP contribution in [0.15, 0.2) is 0 Å². The largest absolute Gasteiger partial charge is 0.480 e. The molecule has 0 spiro atoms. The average Bonchev–Trinajstić information content (AvgIpc) is 2.96. The standard InChI is InChI=1S/C12H20N2O4S/c1-2-3-9-14(8(6-19-9)10(15)16)11(17)12(13)4-5-18-7-12/h8-9H,2-7,13H2,1H3,(H,15,16). The first kappa shape index (κ1) is 14.6. The second-order valence-corrected chi connectivity index (χ2v) is 6.31. The number of aliphatic carboxylic acids is 1. The molecule has 19 heavy (non-hydrogen) atoms. The lowest BCUT2D eigenvalue weighted by molar-refractivity contribution is -0.151. The number of ether oxygens (including phenoxy) is 1.